The van der Waals surface area contributed by atoms with Crippen LogP contribution >= 0.6 is 0 Å². The van der Waals surface area contributed by atoms with Crippen LogP contribution in [-0.4, -0.2) is 26.2 Å². The van der Waals surface area contributed by atoms with Crippen LogP contribution in [0.4, 0.5) is 10.5 Å². The minimum absolute atomic E-state index is 0.0393. The number of hydrogen-bond donors (Lipinski definition) is 2. The van der Waals surface area contributed by atoms with E-state index in [1.165, 1.54) is 12.1 Å². The SMILES string of the molecule is CC(C)(C)OC(=O)Nc1cccc(S(=O)(=O)NC2CC2)c1. The van der Waals surface area contributed by atoms with E-state index < -0.39 is 21.7 Å². The topological polar surface area (TPSA) is 84.5 Å². The van der Waals surface area contributed by atoms with Gasteiger partial charge >= 0.3 is 6.09 Å². The van der Waals surface area contributed by atoms with E-state index in [4.69, 9.17) is 4.74 Å². The van der Waals surface area contributed by atoms with Crippen molar-refractivity contribution in [2.45, 2.75) is 50.2 Å². The second-order valence-corrected chi connectivity index (χ2v) is 7.76. The zero-order valence-corrected chi connectivity index (χ0v) is 13.2. The van der Waals surface area contributed by atoms with Crippen LogP contribution < -0.4 is 10.0 Å². The van der Waals surface area contributed by atoms with Gasteiger partial charge in [0.1, 0.15) is 5.60 Å². The van der Waals surface area contributed by atoms with Gasteiger partial charge < -0.3 is 4.74 Å². The van der Waals surface area contributed by atoms with Gasteiger partial charge in [0.05, 0.1) is 4.90 Å². The Balaban J connectivity index is 2.08. The van der Waals surface area contributed by atoms with E-state index in [0.29, 0.717) is 5.69 Å². The van der Waals surface area contributed by atoms with Crippen molar-refractivity contribution in [3.8, 4) is 0 Å². The molecule has 0 saturated heterocycles. The molecule has 0 bridgehead atoms. The first-order valence-electron chi connectivity index (χ1n) is 6.78. The van der Waals surface area contributed by atoms with E-state index in [1.807, 2.05) is 0 Å². The van der Waals surface area contributed by atoms with E-state index in [0.717, 1.165) is 12.8 Å². The predicted molar refractivity (Wildman–Crippen MR) is 79.6 cm³/mol. The van der Waals surface area contributed by atoms with Gasteiger partial charge in [-0.05, 0) is 51.8 Å². The Labute approximate surface area is 124 Å². The number of hydrogen-bond acceptors (Lipinski definition) is 4. The molecule has 1 fully saturated rings. The van der Waals surface area contributed by atoms with Gasteiger partial charge in [0.25, 0.3) is 0 Å². The fourth-order valence-corrected chi connectivity index (χ4v) is 3.00. The van der Waals surface area contributed by atoms with Crippen molar-refractivity contribution in [1.29, 1.82) is 0 Å². The Kier molecular flexibility index (Phi) is 4.25. The molecule has 0 radical (unpaired) electrons. The van der Waals surface area contributed by atoms with Crippen LogP contribution in [-0.2, 0) is 14.8 Å². The van der Waals surface area contributed by atoms with Crippen molar-refractivity contribution in [3.05, 3.63) is 24.3 Å². The van der Waals surface area contributed by atoms with Gasteiger partial charge in [-0.1, -0.05) is 6.07 Å². The van der Waals surface area contributed by atoms with Gasteiger partial charge in [-0.3, -0.25) is 5.32 Å². The third-order valence-electron chi connectivity index (χ3n) is 2.69. The molecule has 0 spiro atoms. The van der Waals surface area contributed by atoms with E-state index in [1.54, 1.807) is 32.9 Å². The van der Waals surface area contributed by atoms with Crippen LogP contribution in [0.15, 0.2) is 29.2 Å². The Bertz CT molecular complexity index is 631. The number of rotatable bonds is 4. The zero-order valence-electron chi connectivity index (χ0n) is 12.3. The summed E-state index contributed by atoms with van der Waals surface area (Å²) < 4.78 is 31.9. The van der Waals surface area contributed by atoms with Gasteiger partial charge in [-0.25, -0.2) is 17.9 Å². The monoisotopic (exact) mass is 312 g/mol. The lowest BCUT2D eigenvalue weighted by Gasteiger charge is -2.19. The second kappa shape index (κ2) is 5.65. The first kappa shape index (κ1) is 15.8. The molecule has 6 nitrogen and oxygen atoms in total. The normalized spacial score (nSPS) is 15.6. The molecule has 1 aliphatic rings. The molecule has 1 aliphatic carbocycles. The summed E-state index contributed by atoms with van der Waals surface area (Å²) in [4.78, 5) is 11.8. The maximum Gasteiger partial charge on any atom is 0.412 e. The van der Waals surface area contributed by atoms with Gasteiger partial charge in [0, 0.05) is 11.7 Å². The van der Waals surface area contributed by atoms with Crippen LogP contribution in [0.5, 0.6) is 0 Å². The van der Waals surface area contributed by atoms with E-state index >= 15 is 0 Å². The summed E-state index contributed by atoms with van der Waals surface area (Å²) in [5.74, 6) is 0. The average Bonchev–Trinajstić information content (AvgIpc) is 3.10. The van der Waals surface area contributed by atoms with Crippen LogP contribution in [0.2, 0.25) is 0 Å². The predicted octanol–water partition coefficient (Wildman–Crippen LogP) is 2.47. The Hall–Kier alpha value is -1.60. The first-order valence-corrected chi connectivity index (χ1v) is 8.26. The number of amides is 1. The van der Waals surface area contributed by atoms with Crippen molar-refractivity contribution in [1.82, 2.24) is 4.72 Å². The lowest BCUT2D eigenvalue weighted by Crippen LogP contribution is -2.28. The molecule has 0 heterocycles. The summed E-state index contributed by atoms with van der Waals surface area (Å²) in [5, 5.41) is 2.53. The quantitative estimate of drug-likeness (QED) is 0.894. The molecule has 1 amide bonds. The van der Waals surface area contributed by atoms with Gasteiger partial charge in [-0.15, -0.1) is 0 Å². The minimum atomic E-state index is -3.53. The highest BCUT2D eigenvalue weighted by atomic mass is 32.2. The molecule has 0 aliphatic heterocycles. The second-order valence-electron chi connectivity index (χ2n) is 6.05. The molecule has 21 heavy (non-hydrogen) atoms. The summed E-state index contributed by atoms with van der Waals surface area (Å²) in [7, 11) is -3.53. The highest BCUT2D eigenvalue weighted by molar-refractivity contribution is 7.89. The van der Waals surface area contributed by atoms with E-state index in [-0.39, 0.29) is 10.9 Å². The maximum atomic E-state index is 12.1. The van der Waals surface area contributed by atoms with E-state index in [9.17, 15) is 13.2 Å². The van der Waals surface area contributed by atoms with Gasteiger partial charge in [0.2, 0.25) is 10.0 Å². The van der Waals surface area contributed by atoms with Crippen molar-refractivity contribution < 1.29 is 17.9 Å². The molecule has 2 rings (SSSR count). The van der Waals surface area contributed by atoms with Crippen molar-refractivity contribution in [2.75, 3.05) is 5.32 Å². The molecule has 1 aromatic carbocycles. The van der Waals surface area contributed by atoms with Crippen molar-refractivity contribution in [2.24, 2.45) is 0 Å². The third kappa shape index (κ3) is 5.02. The van der Waals surface area contributed by atoms with Crippen LogP contribution in [0.25, 0.3) is 0 Å². The highest BCUT2D eigenvalue weighted by Crippen LogP contribution is 2.23. The Morgan fingerprint density at radius 1 is 1.29 bits per heavy atom. The van der Waals surface area contributed by atoms with Crippen LogP contribution in [0.3, 0.4) is 0 Å². The number of ether oxygens (including phenoxy) is 1. The number of nitrogens with one attached hydrogen (secondary N) is 2. The Morgan fingerprint density at radius 3 is 2.52 bits per heavy atom. The Morgan fingerprint density at radius 2 is 1.95 bits per heavy atom. The van der Waals surface area contributed by atoms with Gasteiger partial charge in [-0.2, -0.15) is 0 Å². The van der Waals surface area contributed by atoms with Crippen LogP contribution in [0, 0.1) is 0 Å². The molecule has 0 aromatic heterocycles. The standard InChI is InChI=1S/C14H20N2O4S/c1-14(2,3)20-13(17)15-11-5-4-6-12(9-11)21(18,19)16-10-7-8-10/h4-6,9-10,16H,7-8H2,1-3H3,(H,15,17). The summed E-state index contributed by atoms with van der Waals surface area (Å²) in [6.07, 6.45) is 1.12. The first-order chi connectivity index (χ1) is 9.66. The number of benzene rings is 1. The molecule has 2 N–H and O–H groups in total. The summed E-state index contributed by atoms with van der Waals surface area (Å²) in [6, 6.07) is 6.13. The smallest absolute Gasteiger partial charge is 0.412 e. The largest absolute Gasteiger partial charge is 0.444 e. The fourth-order valence-electron chi connectivity index (χ4n) is 1.65. The van der Waals surface area contributed by atoms with E-state index in [2.05, 4.69) is 10.0 Å². The third-order valence-corrected chi connectivity index (χ3v) is 4.21. The average molecular weight is 312 g/mol. The van der Waals surface area contributed by atoms with Gasteiger partial charge in [0.15, 0.2) is 0 Å². The molecule has 116 valence electrons. The number of carbonyl (C=O) groups is 1. The zero-order chi connectivity index (χ0) is 15.7. The number of anilines is 1. The molecule has 0 unspecified atom stereocenters. The summed E-state index contributed by atoms with van der Waals surface area (Å²) in [5.41, 5.74) is -0.232. The highest BCUT2D eigenvalue weighted by Gasteiger charge is 2.28. The van der Waals surface area contributed by atoms with Crippen molar-refractivity contribution >= 4 is 21.8 Å². The fraction of sp³-hybridized carbons (Fsp3) is 0.500. The molecule has 0 atom stereocenters. The molecule has 1 saturated carbocycles. The summed E-state index contributed by atoms with van der Waals surface area (Å²) in [6.45, 7) is 5.27. The number of carbonyl (C=O) groups excluding carboxylic acids is 1. The van der Waals surface area contributed by atoms with Crippen LogP contribution in [0.1, 0.15) is 33.6 Å². The molecule has 1 aromatic rings. The lowest BCUT2D eigenvalue weighted by atomic mass is 10.2. The number of sulfonamides is 1. The van der Waals surface area contributed by atoms with Crippen molar-refractivity contribution in [3.63, 3.8) is 0 Å². The lowest BCUT2D eigenvalue weighted by molar-refractivity contribution is 0.0636. The molecule has 7 heteroatoms. The molecular formula is C14H20N2O4S. The summed E-state index contributed by atoms with van der Waals surface area (Å²) >= 11 is 0. The maximum absolute atomic E-state index is 12.1. The minimum Gasteiger partial charge on any atom is -0.444 e. The molecular weight excluding hydrogens is 292 g/mol.